The summed E-state index contributed by atoms with van der Waals surface area (Å²) < 4.78 is 27.2. The van der Waals surface area contributed by atoms with E-state index in [2.05, 4.69) is 15.6 Å². The Kier molecular flexibility index (Phi) is 4.28. The predicted octanol–water partition coefficient (Wildman–Crippen LogP) is 2.22. The molecule has 0 aromatic heterocycles. The standard InChI is InChI=1S/C15H17F2N3O2/c1-14(2)6-15(14,7-19-13(22)20-8-18-9-21)11-4-3-10(16)5-12(11)17/h3-5H,6-8H2,1-2H3,(H2,19,20,22). The van der Waals surface area contributed by atoms with E-state index < -0.39 is 23.1 Å². The number of carbonyl (C=O) groups excluding carboxylic acids is 2. The van der Waals surface area contributed by atoms with Crippen LogP contribution in [0.3, 0.4) is 0 Å². The minimum Gasteiger partial charge on any atom is -0.337 e. The molecule has 1 aliphatic rings. The van der Waals surface area contributed by atoms with Gasteiger partial charge in [0.05, 0.1) is 0 Å². The fourth-order valence-corrected chi connectivity index (χ4v) is 2.88. The van der Waals surface area contributed by atoms with Crippen molar-refractivity contribution < 1.29 is 18.4 Å². The number of nitrogens with one attached hydrogen (secondary N) is 2. The van der Waals surface area contributed by atoms with Crippen LogP contribution in [0.5, 0.6) is 0 Å². The Morgan fingerprint density at radius 1 is 1.36 bits per heavy atom. The fraction of sp³-hybridized carbons (Fsp3) is 0.467. The summed E-state index contributed by atoms with van der Waals surface area (Å²) in [6.07, 6.45) is 1.98. The van der Waals surface area contributed by atoms with Crippen LogP contribution in [0.2, 0.25) is 0 Å². The summed E-state index contributed by atoms with van der Waals surface area (Å²) in [7, 11) is 0. The summed E-state index contributed by atoms with van der Waals surface area (Å²) in [4.78, 5) is 24.7. The summed E-state index contributed by atoms with van der Waals surface area (Å²) in [6.45, 7) is 3.97. The third kappa shape index (κ3) is 2.99. The molecule has 1 aromatic rings. The molecule has 0 heterocycles. The molecular formula is C15H17F2N3O2. The van der Waals surface area contributed by atoms with Gasteiger partial charge in [0.15, 0.2) is 0 Å². The smallest absolute Gasteiger partial charge is 0.316 e. The van der Waals surface area contributed by atoms with Crippen LogP contribution < -0.4 is 10.6 Å². The molecule has 0 aliphatic heterocycles. The van der Waals surface area contributed by atoms with E-state index in [1.165, 1.54) is 18.2 Å². The lowest BCUT2D eigenvalue weighted by atomic mass is 9.87. The number of amides is 2. The number of isocyanates is 1. The average molecular weight is 309 g/mol. The SMILES string of the molecule is CC1(C)CC1(CNC(=O)NCN=C=O)c1ccc(F)cc1F. The number of halogens is 2. The van der Waals surface area contributed by atoms with Crippen molar-refractivity contribution in [3.63, 3.8) is 0 Å². The van der Waals surface area contributed by atoms with Gasteiger partial charge in [0.1, 0.15) is 18.3 Å². The lowest BCUT2D eigenvalue weighted by Crippen LogP contribution is -2.41. The summed E-state index contributed by atoms with van der Waals surface area (Å²) >= 11 is 0. The first-order chi connectivity index (χ1) is 10.3. The molecule has 1 atom stereocenters. The molecule has 5 nitrogen and oxygen atoms in total. The van der Waals surface area contributed by atoms with Crippen molar-refractivity contribution in [3.8, 4) is 0 Å². The van der Waals surface area contributed by atoms with Crippen molar-refractivity contribution >= 4 is 12.1 Å². The molecule has 0 spiro atoms. The van der Waals surface area contributed by atoms with Gasteiger partial charge in [-0.05, 0) is 23.5 Å². The van der Waals surface area contributed by atoms with Gasteiger partial charge < -0.3 is 10.6 Å². The Morgan fingerprint density at radius 2 is 2.05 bits per heavy atom. The van der Waals surface area contributed by atoms with Crippen molar-refractivity contribution in [1.29, 1.82) is 0 Å². The second kappa shape index (κ2) is 5.85. The second-order valence-corrected chi connectivity index (χ2v) is 6.03. The van der Waals surface area contributed by atoms with Crippen molar-refractivity contribution in [3.05, 3.63) is 35.4 Å². The van der Waals surface area contributed by atoms with Gasteiger partial charge >= 0.3 is 6.03 Å². The van der Waals surface area contributed by atoms with Gasteiger partial charge in [-0.2, -0.15) is 4.99 Å². The largest absolute Gasteiger partial charge is 0.337 e. The molecule has 0 radical (unpaired) electrons. The molecule has 2 N–H and O–H groups in total. The number of rotatable bonds is 5. The first kappa shape index (κ1) is 16.1. The molecule has 22 heavy (non-hydrogen) atoms. The molecular weight excluding hydrogens is 292 g/mol. The van der Waals surface area contributed by atoms with Crippen LogP contribution in [0.15, 0.2) is 23.2 Å². The van der Waals surface area contributed by atoms with Crippen molar-refractivity contribution in [1.82, 2.24) is 10.6 Å². The van der Waals surface area contributed by atoms with Crippen molar-refractivity contribution in [2.24, 2.45) is 10.4 Å². The van der Waals surface area contributed by atoms with Crippen molar-refractivity contribution in [2.45, 2.75) is 25.7 Å². The molecule has 1 saturated carbocycles. The Morgan fingerprint density at radius 3 is 2.59 bits per heavy atom. The highest BCUT2D eigenvalue weighted by atomic mass is 19.1. The van der Waals surface area contributed by atoms with Gasteiger partial charge in [-0.25, -0.2) is 18.4 Å². The minimum atomic E-state index is -0.632. The summed E-state index contributed by atoms with van der Waals surface area (Å²) in [5.41, 5.74) is -0.388. The topological polar surface area (TPSA) is 70.6 Å². The Labute approximate surface area is 126 Å². The number of hydrogen-bond donors (Lipinski definition) is 2. The normalized spacial score (nSPS) is 21.6. The summed E-state index contributed by atoms with van der Waals surface area (Å²) in [5, 5.41) is 4.99. The maximum Gasteiger partial charge on any atom is 0.316 e. The molecule has 2 amide bonds. The highest BCUT2D eigenvalue weighted by Crippen LogP contribution is 2.64. The van der Waals surface area contributed by atoms with Gasteiger partial charge in [-0.1, -0.05) is 19.9 Å². The zero-order valence-corrected chi connectivity index (χ0v) is 12.4. The van der Waals surface area contributed by atoms with Crippen LogP contribution in [0, 0.1) is 17.0 Å². The monoisotopic (exact) mass is 309 g/mol. The minimum absolute atomic E-state index is 0.170. The van der Waals surface area contributed by atoms with Gasteiger partial charge in [0.25, 0.3) is 0 Å². The Bertz CT molecular complexity index is 642. The first-order valence-electron chi connectivity index (χ1n) is 6.83. The van der Waals surface area contributed by atoms with E-state index in [1.54, 1.807) is 0 Å². The molecule has 1 aliphatic carbocycles. The maximum atomic E-state index is 14.1. The Hall–Kier alpha value is -2.27. The van der Waals surface area contributed by atoms with Crippen LogP contribution in [0.1, 0.15) is 25.8 Å². The van der Waals surface area contributed by atoms with Gasteiger partial charge in [-0.15, -0.1) is 0 Å². The van der Waals surface area contributed by atoms with E-state index in [1.807, 2.05) is 13.8 Å². The number of hydrogen-bond acceptors (Lipinski definition) is 3. The molecule has 1 aromatic carbocycles. The molecule has 0 bridgehead atoms. The van der Waals surface area contributed by atoms with Gasteiger partial charge in [-0.3, -0.25) is 0 Å². The molecule has 7 heteroatoms. The summed E-state index contributed by atoms with van der Waals surface area (Å²) in [5.74, 6) is -1.24. The molecule has 1 fully saturated rings. The Balaban J connectivity index is 2.11. The van der Waals surface area contributed by atoms with Gasteiger partial charge in [0.2, 0.25) is 6.08 Å². The van der Waals surface area contributed by atoms with Crippen LogP contribution >= 0.6 is 0 Å². The zero-order chi connectivity index (χ0) is 16.4. The first-order valence-corrected chi connectivity index (χ1v) is 6.83. The lowest BCUT2D eigenvalue weighted by molar-refractivity contribution is 0.239. The number of urea groups is 1. The number of benzene rings is 1. The zero-order valence-electron chi connectivity index (χ0n) is 12.4. The molecule has 1 unspecified atom stereocenters. The highest BCUT2D eigenvalue weighted by molar-refractivity contribution is 5.74. The third-order valence-electron chi connectivity index (χ3n) is 4.29. The fourth-order valence-electron chi connectivity index (χ4n) is 2.88. The van der Waals surface area contributed by atoms with E-state index in [0.29, 0.717) is 12.0 Å². The molecule has 118 valence electrons. The summed E-state index contributed by atoms with van der Waals surface area (Å²) in [6, 6.07) is 2.98. The van der Waals surface area contributed by atoms with Crippen LogP contribution in [0.4, 0.5) is 13.6 Å². The van der Waals surface area contributed by atoms with Crippen LogP contribution in [-0.4, -0.2) is 25.3 Å². The average Bonchev–Trinajstić information content (AvgIpc) is 2.99. The van der Waals surface area contributed by atoms with E-state index in [4.69, 9.17) is 0 Å². The molecule has 2 rings (SSSR count). The van der Waals surface area contributed by atoms with E-state index in [0.717, 1.165) is 6.07 Å². The quantitative estimate of drug-likeness (QED) is 0.647. The number of carbonyl (C=O) groups is 1. The van der Waals surface area contributed by atoms with E-state index >= 15 is 0 Å². The van der Waals surface area contributed by atoms with E-state index in [-0.39, 0.29) is 18.6 Å². The van der Waals surface area contributed by atoms with Gasteiger partial charge in [0, 0.05) is 18.0 Å². The lowest BCUT2D eigenvalue weighted by Gasteiger charge is -2.22. The predicted molar refractivity (Wildman–Crippen MR) is 76.0 cm³/mol. The number of aliphatic imine (C=N–C) groups is 1. The number of nitrogens with zero attached hydrogens (tertiary/aromatic N) is 1. The highest BCUT2D eigenvalue weighted by Gasteiger charge is 2.62. The maximum absolute atomic E-state index is 14.1. The van der Waals surface area contributed by atoms with Crippen LogP contribution in [0.25, 0.3) is 0 Å². The third-order valence-corrected chi connectivity index (χ3v) is 4.29. The van der Waals surface area contributed by atoms with E-state index in [9.17, 15) is 18.4 Å². The van der Waals surface area contributed by atoms with Crippen molar-refractivity contribution in [2.75, 3.05) is 13.2 Å². The second-order valence-electron chi connectivity index (χ2n) is 6.03. The molecule has 0 saturated heterocycles. The van der Waals surface area contributed by atoms with Crippen LogP contribution in [-0.2, 0) is 10.2 Å².